The molecule has 1 atom stereocenters. The van der Waals surface area contributed by atoms with Crippen LogP contribution in [0.25, 0.3) is 0 Å². The van der Waals surface area contributed by atoms with E-state index in [0.717, 1.165) is 13.0 Å². The molecule has 3 heteroatoms. The first-order chi connectivity index (χ1) is 7.99. The van der Waals surface area contributed by atoms with Gasteiger partial charge < -0.3 is 10.2 Å². The van der Waals surface area contributed by atoms with Crippen molar-refractivity contribution in [2.45, 2.75) is 59.4 Å². The maximum atomic E-state index is 11.9. The van der Waals surface area contributed by atoms with Crippen molar-refractivity contribution in [3.05, 3.63) is 0 Å². The van der Waals surface area contributed by atoms with Gasteiger partial charge in [0.25, 0.3) is 0 Å². The van der Waals surface area contributed by atoms with E-state index in [1.54, 1.807) is 0 Å². The Kier molecular flexibility index (Phi) is 9.14. The van der Waals surface area contributed by atoms with E-state index in [2.05, 4.69) is 33.0 Å². The minimum absolute atomic E-state index is 0.203. The van der Waals surface area contributed by atoms with Crippen molar-refractivity contribution >= 4 is 5.91 Å². The second-order valence-electron chi connectivity index (χ2n) is 5.37. The fraction of sp³-hybridized carbons (Fsp3) is 0.929. The van der Waals surface area contributed by atoms with Crippen molar-refractivity contribution < 1.29 is 4.79 Å². The first-order valence-corrected chi connectivity index (χ1v) is 6.95. The normalized spacial score (nSPS) is 12.8. The quantitative estimate of drug-likeness (QED) is 0.630. The van der Waals surface area contributed by atoms with Crippen LogP contribution >= 0.6 is 0 Å². The zero-order chi connectivity index (χ0) is 13.3. The summed E-state index contributed by atoms with van der Waals surface area (Å²) >= 11 is 0. The molecule has 0 aromatic heterocycles. The Balaban J connectivity index is 3.78. The Bertz CT molecular complexity index is 204. The summed E-state index contributed by atoms with van der Waals surface area (Å²) in [6.07, 6.45) is 4.83. The molecule has 102 valence electrons. The topological polar surface area (TPSA) is 32.3 Å². The van der Waals surface area contributed by atoms with Crippen LogP contribution in [0.1, 0.15) is 53.4 Å². The van der Waals surface area contributed by atoms with Gasteiger partial charge in [-0.2, -0.15) is 0 Å². The Hall–Kier alpha value is -0.570. The van der Waals surface area contributed by atoms with Gasteiger partial charge in [-0.05, 0) is 25.8 Å². The molecule has 0 fully saturated rings. The zero-order valence-corrected chi connectivity index (χ0v) is 12.3. The van der Waals surface area contributed by atoms with Gasteiger partial charge >= 0.3 is 0 Å². The lowest BCUT2D eigenvalue weighted by Crippen LogP contribution is -2.41. The molecule has 0 rings (SSSR count). The minimum Gasteiger partial charge on any atom is -0.342 e. The third kappa shape index (κ3) is 8.19. The largest absolute Gasteiger partial charge is 0.342 e. The van der Waals surface area contributed by atoms with Gasteiger partial charge in [0.05, 0.1) is 6.54 Å². The molecule has 1 N–H and O–H groups in total. The average Bonchev–Trinajstić information content (AvgIpc) is 2.27. The third-order valence-electron chi connectivity index (χ3n) is 3.11. The monoisotopic (exact) mass is 242 g/mol. The highest BCUT2D eigenvalue weighted by Gasteiger charge is 2.14. The van der Waals surface area contributed by atoms with Gasteiger partial charge in [-0.15, -0.1) is 0 Å². The number of rotatable bonds is 9. The predicted octanol–water partition coefficient (Wildman–Crippen LogP) is 2.66. The van der Waals surface area contributed by atoms with Crippen molar-refractivity contribution in [3.8, 4) is 0 Å². The third-order valence-corrected chi connectivity index (χ3v) is 3.11. The fourth-order valence-electron chi connectivity index (χ4n) is 1.72. The Labute approximate surface area is 107 Å². The van der Waals surface area contributed by atoms with Crippen molar-refractivity contribution in [1.29, 1.82) is 0 Å². The molecular formula is C14H30N2O. The molecule has 0 aliphatic rings. The second kappa shape index (κ2) is 9.46. The smallest absolute Gasteiger partial charge is 0.236 e. The minimum atomic E-state index is 0.203. The van der Waals surface area contributed by atoms with Crippen molar-refractivity contribution in [1.82, 2.24) is 10.2 Å². The van der Waals surface area contributed by atoms with Gasteiger partial charge in [-0.1, -0.05) is 40.0 Å². The van der Waals surface area contributed by atoms with Gasteiger partial charge in [-0.3, -0.25) is 4.79 Å². The maximum Gasteiger partial charge on any atom is 0.236 e. The fourth-order valence-corrected chi connectivity index (χ4v) is 1.72. The summed E-state index contributed by atoms with van der Waals surface area (Å²) in [6, 6.07) is 0.356. The molecule has 0 saturated heterocycles. The van der Waals surface area contributed by atoms with E-state index in [1.165, 1.54) is 19.3 Å². The highest BCUT2D eigenvalue weighted by molar-refractivity contribution is 5.78. The van der Waals surface area contributed by atoms with E-state index in [0.29, 0.717) is 18.5 Å². The van der Waals surface area contributed by atoms with E-state index in [4.69, 9.17) is 0 Å². The van der Waals surface area contributed by atoms with E-state index < -0.39 is 0 Å². The summed E-state index contributed by atoms with van der Waals surface area (Å²) < 4.78 is 0. The molecular weight excluding hydrogens is 212 g/mol. The van der Waals surface area contributed by atoms with Crippen LogP contribution in [-0.4, -0.2) is 37.0 Å². The first kappa shape index (κ1) is 16.4. The lowest BCUT2D eigenvalue weighted by molar-refractivity contribution is -0.130. The summed E-state index contributed by atoms with van der Waals surface area (Å²) in [4.78, 5) is 13.7. The highest BCUT2D eigenvalue weighted by atomic mass is 16.2. The van der Waals surface area contributed by atoms with Gasteiger partial charge in [-0.25, -0.2) is 0 Å². The zero-order valence-electron chi connectivity index (χ0n) is 12.3. The van der Waals surface area contributed by atoms with Crippen molar-refractivity contribution in [3.63, 3.8) is 0 Å². The Morgan fingerprint density at radius 1 is 1.24 bits per heavy atom. The van der Waals surface area contributed by atoms with E-state index in [-0.39, 0.29) is 5.91 Å². The molecule has 0 saturated carbocycles. The maximum absolute atomic E-state index is 11.9. The van der Waals surface area contributed by atoms with E-state index in [1.807, 2.05) is 11.9 Å². The summed E-state index contributed by atoms with van der Waals surface area (Å²) in [5.41, 5.74) is 0. The predicted molar refractivity (Wildman–Crippen MR) is 74.1 cm³/mol. The summed E-state index contributed by atoms with van der Waals surface area (Å²) in [6.45, 7) is 10.0. The van der Waals surface area contributed by atoms with Crippen LogP contribution < -0.4 is 5.32 Å². The number of nitrogens with one attached hydrogen (secondary N) is 1. The standard InChI is InChI=1S/C14H30N2O/c1-6-7-8-9-13(4)16(5)14(17)11-15-10-12(2)3/h12-13,15H,6-11H2,1-5H3. The number of carbonyl (C=O) groups excluding carboxylic acids is 1. The molecule has 1 amide bonds. The molecule has 0 aromatic carbocycles. The van der Waals surface area contributed by atoms with Crippen LogP contribution in [0.5, 0.6) is 0 Å². The first-order valence-electron chi connectivity index (χ1n) is 6.95. The lowest BCUT2D eigenvalue weighted by atomic mass is 10.1. The van der Waals surface area contributed by atoms with Gasteiger partial charge in [0, 0.05) is 13.1 Å². The average molecular weight is 242 g/mol. The Morgan fingerprint density at radius 3 is 2.41 bits per heavy atom. The second-order valence-corrected chi connectivity index (χ2v) is 5.37. The molecule has 0 aliphatic carbocycles. The molecule has 3 nitrogen and oxygen atoms in total. The van der Waals surface area contributed by atoms with Crippen LogP contribution in [0.15, 0.2) is 0 Å². The van der Waals surface area contributed by atoms with Crippen LogP contribution in [-0.2, 0) is 4.79 Å². The summed E-state index contributed by atoms with van der Waals surface area (Å²) in [5.74, 6) is 0.796. The number of hydrogen-bond acceptors (Lipinski definition) is 2. The SMILES string of the molecule is CCCCCC(C)N(C)C(=O)CNCC(C)C. The number of unbranched alkanes of at least 4 members (excludes halogenated alkanes) is 2. The van der Waals surface area contributed by atoms with Gasteiger partial charge in [0.1, 0.15) is 0 Å². The number of amides is 1. The molecule has 0 spiro atoms. The van der Waals surface area contributed by atoms with Gasteiger partial charge in [0.2, 0.25) is 5.91 Å². The van der Waals surface area contributed by atoms with E-state index >= 15 is 0 Å². The molecule has 0 heterocycles. The molecule has 0 radical (unpaired) electrons. The van der Waals surface area contributed by atoms with Crippen LogP contribution in [0.3, 0.4) is 0 Å². The lowest BCUT2D eigenvalue weighted by Gasteiger charge is -2.25. The van der Waals surface area contributed by atoms with Crippen molar-refractivity contribution in [2.24, 2.45) is 5.92 Å². The molecule has 0 aromatic rings. The van der Waals surface area contributed by atoms with Crippen LogP contribution in [0.2, 0.25) is 0 Å². The van der Waals surface area contributed by atoms with Crippen molar-refractivity contribution in [2.75, 3.05) is 20.1 Å². The van der Waals surface area contributed by atoms with Crippen LogP contribution in [0, 0.1) is 5.92 Å². The Morgan fingerprint density at radius 2 is 1.88 bits per heavy atom. The number of nitrogens with zero attached hydrogens (tertiary/aromatic N) is 1. The molecule has 1 unspecified atom stereocenters. The number of likely N-dealkylation sites (N-methyl/N-ethyl adjacent to an activating group) is 1. The van der Waals surface area contributed by atoms with Crippen LogP contribution in [0.4, 0.5) is 0 Å². The number of hydrogen-bond donors (Lipinski definition) is 1. The molecule has 0 bridgehead atoms. The summed E-state index contributed by atoms with van der Waals surface area (Å²) in [5, 5.41) is 3.20. The van der Waals surface area contributed by atoms with Gasteiger partial charge in [0.15, 0.2) is 0 Å². The molecule has 17 heavy (non-hydrogen) atoms. The molecule has 0 aliphatic heterocycles. The highest BCUT2D eigenvalue weighted by Crippen LogP contribution is 2.08. The van der Waals surface area contributed by atoms with E-state index in [9.17, 15) is 4.79 Å². The summed E-state index contributed by atoms with van der Waals surface area (Å²) in [7, 11) is 1.91. The number of carbonyl (C=O) groups is 1.